The standard InChI is InChI=1S/C20H25NO4/c1-12-10-20-15-8-18(25-3)17(24-2)7-13(15)5-4-6-21(20)19(23)9-16(20)14(12)11-22/h7-8,11-12,14,16H,4-6,9-10H2,1-3H3/t12-,14+,16-,20-/m0/s1. The molecule has 1 aliphatic carbocycles. The minimum atomic E-state index is -0.368. The molecule has 0 radical (unpaired) electrons. The molecule has 3 aliphatic rings. The molecule has 2 fully saturated rings. The van der Waals surface area contributed by atoms with Crippen LogP contribution in [0.4, 0.5) is 0 Å². The SMILES string of the molecule is COc1cc2c(cc1OC)[C@@]13C[C@H](C)[C@@H](C=O)[C@@H]1CC(=O)N3CCC2. The smallest absolute Gasteiger partial charge is 0.223 e. The Bertz CT molecular complexity index is 731. The lowest BCUT2D eigenvalue weighted by Crippen LogP contribution is -2.45. The number of nitrogens with zero attached hydrogens (tertiary/aromatic N) is 1. The normalized spacial score (nSPS) is 33.3. The van der Waals surface area contributed by atoms with Crippen molar-refractivity contribution in [3.63, 3.8) is 0 Å². The number of amides is 1. The van der Waals surface area contributed by atoms with E-state index in [-0.39, 0.29) is 29.2 Å². The van der Waals surface area contributed by atoms with Crippen molar-refractivity contribution in [3.8, 4) is 11.5 Å². The molecule has 4 atom stereocenters. The molecule has 0 aromatic heterocycles. The van der Waals surface area contributed by atoms with Gasteiger partial charge in [-0.05, 0) is 48.4 Å². The highest BCUT2D eigenvalue weighted by Gasteiger charge is 2.62. The summed E-state index contributed by atoms with van der Waals surface area (Å²) in [5, 5.41) is 0. The maximum atomic E-state index is 12.8. The molecule has 2 aliphatic heterocycles. The van der Waals surface area contributed by atoms with Gasteiger partial charge in [-0.1, -0.05) is 6.92 Å². The van der Waals surface area contributed by atoms with Crippen LogP contribution >= 0.6 is 0 Å². The number of fused-ring (bicyclic) bond motifs is 1. The fraction of sp³-hybridized carbons (Fsp3) is 0.600. The van der Waals surface area contributed by atoms with Crippen LogP contribution in [0.15, 0.2) is 12.1 Å². The van der Waals surface area contributed by atoms with Crippen LogP contribution in [-0.4, -0.2) is 37.9 Å². The second-order valence-corrected chi connectivity index (χ2v) is 7.64. The average molecular weight is 343 g/mol. The van der Waals surface area contributed by atoms with Gasteiger partial charge >= 0.3 is 0 Å². The second-order valence-electron chi connectivity index (χ2n) is 7.64. The second kappa shape index (κ2) is 5.75. The molecule has 0 N–H and O–H groups in total. The number of carbonyl (C=O) groups is 2. The van der Waals surface area contributed by atoms with Crippen LogP contribution in [0.3, 0.4) is 0 Å². The molecule has 1 saturated carbocycles. The first-order valence-corrected chi connectivity index (χ1v) is 9.08. The van der Waals surface area contributed by atoms with Crippen molar-refractivity contribution in [1.29, 1.82) is 0 Å². The summed E-state index contributed by atoms with van der Waals surface area (Å²) in [6.45, 7) is 2.90. The van der Waals surface area contributed by atoms with Crippen LogP contribution in [0.25, 0.3) is 0 Å². The van der Waals surface area contributed by atoms with E-state index in [1.54, 1.807) is 14.2 Å². The maximum Gasteiger partial charge on any atom is 0.223 e. The van der Waals surface area contributed by atoms with Crippen molar-refractivity contribution < 1.29 is 19.1 Å². The fourth-order valence-corrected chi connectivity index (χ4v) is 5.60. The monoisotopic (exact) mass is 343 g/mol. The van der Waals surface area contributed by atoms with Gasteiger partial charge in [0.05, 0.1) is 19.8 Å². The van der Waals surface area contributed by atoms with Crippen molar-refractivity contribution in [1.82, 2.24) is 4.90 Å². The number of hydrogen-bond donors (Lipinski definition) is 0. The van der Waals surface area contributed by atoms with Crippen molar-refractivity contribution in [2.24, 2.45) is 17.8 Å². The van der Waals surface area contributed by atoms with E-state index in [2.05, 4.69) is 24.0 Å². The zero-order valence-corrected chi connectivity index (χ0v) is 15.1. The lowest BCUT2D eigenvalue weighted by Gasteiger charge is -2.39. The molecule has 1 spiro atoms. The molecule has 5 nitrogen and oxygen atoms in total. The minimum Gasteiger partial charge on any atom is -0.493 e. The van der Waals surface area contributed by atoms with Crippen molar-refractivity contribution in [2.45, 2.75) is 38.1 Å². The Morgan fingerprint density at radius 3 is 2.64 bits per heavy atom. The molecule has 1 aromatic carbocycles. The largest absolute Gasteiger partial charge is 0.493 e. The van der Waals surface area contributed by atoms with Crippen LogP contribution in [0, 0.1) is 17.8 Å². The third kappa shape index (κ3) is 2.07. The number of aryl methyl sites for hydroxylation is 1. The van der Waals surface area contributed by atoms with Gasteiger partial charge in [0.15, 0.2) is 11.5 Å². The summed E-state index contributed by atoms with van der Waals surface area (Å²) in [6, 6.07) is 4.11. The summed E-state index contributed by atoms with van der Waals surface area (Å²) in [5.41, 5.74) is 2.02. The topological polar surface area (TPSA) is 55.8 Å². The van der Waals surface area contributed by atoms with Crippen molar-refractivity contribution in [2.75, 3.05) is 20.8 Å². The first-order chi connectivity index (χ1) is 12.1. The Balaban J connectivity index is 1.96. The van der Waals surface area contributed by atoms with E-state index in [0.717, 1.165) is 43.4 Å². The van der Waals surface area contributed by atoms with E-state index in [4.69, 9.17) is 9.47 Å². The Hall–Kier alpha value is -2.04. The summed E-state index contributed by atoms with van der Waals surface area (Å²) in [5.74, 6) is 1.88. The Morgan fingerprint density at radius 1 is 1.24 bits per heavy atom. The van der Waals surface area contributed by atoms with E-state index in [1.807, 2.05) is 0 Å². The molecule has 134 valence electrons. The predicted octanol–water partition coefficient (Wildman–Crippen LogP) is 2.55. The van der Waals surface area contributed by atoms with E-state index in [0.29, 0.717) is 12.2 Å². The molecular weight excluding hydrogens is 318 g/mol. The summed E-state index contributed by atoms with van der Waals surface area (Å²) in [6.07, 6.45) is 4.24. The van der Waals surface area contributed by atoms with E-state index < -0.39 is 0 Å². The van der Waals surface area contributed by atoms with E-state index >= 15 is 0 Å². The lowest BCUT2D eigenvalue weighted by molar-refractivity contribution is -0.131. The summed E-state index contributed by atoms with van der Waals surface area (Å²) in [4.78, 5) is 26.6. The van der Waals surface area contributed by atoms with Crippen molar-refractivity contribution >= 4 is 12.2 Å². The fourth-order valence-electron chi connectivity index (χ4n) is 5.60. The van der Waals surface area contributed by atoms with E-state index in [1.165, 1.54) is 5.56 Å². The number of rotatable bonds is 3. The molecule has 0 bridgehead atoms. The molecule has 1 saturated heterocycles. The average Bonchev–Trinajstić information content (AvgIpc) is 2.96. The number of benzene rings is 1. The molecule has 1 aromatic rings. The highest BCUT2D eigenvalue weighted by Crippen LogP contribution is 2.60. The van der Waals surface area contributed by atoms with Gasteiger partial charge in [-0.3, -0.25) is 4.79 Å². The third-order valence-corrected chi connectivity index (χ3v) is 6.61. The van der Waals surface area contributed by atoms with Crippen molar-refractivity contribution in [3.05, 3.63) is 23.3 Å². The van der Waals surface area contributed by atoms with Crippen LogP contribution in [0.1, 0.15) is 37.3 Å². The highest BCUT2D eigenvalue weighted by atomic mass is 16.5. The predicted molar refractivity (Wildman–Crippen MR) is 92.7 cm³/mol. The van der Waals surface area contributed by atoms with Crippen LogP contribution in [0.5, 0.6) is 11.5 Å². The van der Waals surface area contributed by atoms with Gasteiger partial charge in [0.2, 0.25) is 5.91 Å². The number of ether oxygens (including phenoxy) is 2. The van der Waals surface area contributed by atoms with Gasteiger partial charge in [0.1, 0.15) is 6.29 Å². The van der Waals surface area contributed by atoms with Crippen LogP contribution in [-0.2, 0) is 21.5 Å². The van der Waals surface area contributed by atoms with Gasteiger partial charge in [0, 0.05) is 24.8 Å². The third-order valence-electron chi connectivity index (χ3n) is 6.61. The maximum absolute atomic E-state index is 12.8. The first-order valence-electron chi connectivity index (χ1n) is 9.08. The summed E-state index contributed by atoms with van der Waals surface area (Å²) in [7, 11) is 3.28. The van der Waals surface area contributed by atoms with Gasteiger partial charge in [0.25, 0.3) is 0 Å². The molecule has 25 heavy (non-hydrogen) atoms. The van der Waals surface area contributed by atoms with Gasteiger partial charge in [-0.15, -0.1) is 0 Å². The lowest BCUT2D eigenvalue weighted by atomic mass is 9.77. The number of methoxy groups -OCH3 is 2. The highest BCUT2D eigenvalue weighted by molar-refractivity contribution is 5.83. The number of aldehydes is 1. The quantitative estimate of drug-likeness (QED) is 0.792. The molecule has 5 heteroatoms. The molecule has 0 unspecified atom stereocenters. The Kier molecular flexibility index (Phi) is 3.78. The zero-order chi connectivity index (χ0) is 17.8. The summed E-state index contributed by atoms with van der Waals surface area (Å²) < 4.78 is 11.0. The number of carbonyl (C=O) groups excluding carboxylic acids is 2. The number of hydrogen-bond acceptors (Lipinski definition) is 4. The van der Waals surface area contributed by atoms with Crippen LogP contribution in [0.2, 0.25) is 0 Å². The molecular formula is C20H25NO4. The van der Waals surface area contributed by atoms with Gasteiger partial charge in [-0.2, -0.15) is 0 Å². The molecule has 1 amide bonds. The zero-order valence-electron chi connectivity index (χ0n) is 15.1. The Morgan fingerprint density at radius 2 is 1.96 bits per heavy atom. The Labute approximate surface area is 148 Å². The van der Waals surface area contributed by atoms with Crippen LogP contribution < -0.4 is 9.47 Å². The van der Waals surface area contributed by atoms with Gasteiger partial charge < -0.3 is 19.2 Å². The first kappa shape index (κ1) is 16.4. The molecule has 4 rings (SSSR count). The summed E-state index contributed by atoms with van der Waals surface area (Å²) >= 11 is 0. The minimum absolute atomic E-state index is 0.0578. The van der Waals surface area contributed by atoms with Gasteiger partial charge in [-0.25, -0.2) is 0 Å². The molecule has 2 heterocycles. The van der Waals surface area contributed by atoms with E-state index in [9.17, 15) is 9.59 Å².